The predicted octanol–water partition coefficient (Wildman–Crippen LogP) is 2.47. The molecule has 1 aromatic heterocycles. The van der Waals surface area contributed by atoms with Gasteiger partial charge in [0.05, 0.1) is 11.0 Å². The lowest BCUT2D eigenvalue weighted by molar-refractivity contribution is 1.21. The van der Waals surface area contributed by atoms with Gasteiger partial charge in [-0.05, 0) is 18.2 Å². The number of fused-ring (bicyclic) bond motifs is 1. The maximum atomic E-state index is 5.67. The molecule has 0 spiro atoms. The molecule has 0 saturated heterocycles. The number of H-pyrrole nitrogens is 1. The van der Waals surface area contributed by atoms with Crippen LogP contribution in [0.5, 0.6) is 0 Å². The molecule has 0 unspecified atom stereocenters. The molecule has 2 aromatic rings. The fourth-order valence-corrected chi connectivity index (χ4v) is 1.43. The highest BCUT2D eigenvalue weighted by Crippen LogP contribution is 2.17. The maximum absolute atomic E-state index is 5.67. The van der Waals surface area contributed by atoms with Gasteiger partial charge in [0, 0.05) is 16.7 Å². The zero-order chi connectivity index (χ0) is 10.8. The first-order valence-corrected chi connectivity index (χ1v) is 5.27. The zero-order valence-corrected chi connectivity index (χ0v) is 9.63. The molecule has 1 heterocycles. The van der Waals surface area contributed by atoms with Crippen LogP contribution in [0.3, 0.4) is 0 Å². The van der Waals surface area contributed by atoms with Gasteiger partial charge in [0.25, 0.3) is 0 Å². The number of nitrogens with one attached hydrogen (secondary N) is 2. The van der Waals surface area contributed by atoms with Crippen LogP contribution in [0.25, 0.3) is 11.0 Å². The van der Waals surface area contributed by atoms with E-state index in [0.29, 0.717) is 6.54 Å². The van der Waals surface area contributed by atoms with E-state index in [9.17, 15) is 0 Å². The van der Waals surface area contributed by atoms with Crippen molar-refractivity contribution in [1.29, 1.82) is 0 Å². The first-order valence-electron chi connectivity index (χ1n) is 4.47. The number of hydrogen-bond donors (Lipinski definition) is 3. The van der Waals surface area contributed by atoms with Crippen molar-refractivity contribution in [2.75, 3.05) is 17.6 Å². The first kappa shape index (κ1) is 10.0. The van der Waals surface area contributed by atoms with Crippen molar-refractivity contribution in [3.63, 3.8) is 0 Å². The van der Waals surface area contributed by atoms with Crippen LogP contribution in [0.2, 0.25) is 0 Å². The third-order valence-corrected chi connectivity index (χ3v) is 2.23. The number of hydrogen-bond acceptors (Lipinski definition) is 3. The average molecular weight is 267 g/mol. The molecule has 0 bridgehead atoms. The van der Waals surface area contributed by atoms with Crippen LogP contribution < -0.4 is 11.1 Å². The summed E-state index contributed by atoms with van der Waals surface area (Å²) in [6.07, 6.45) is 0. The van der Waals surface area contributed by atoms with Crippen molar-refractivity contribution in [2.45, 2.75) is 0 Å². The minimum atomic E-state index is 0.634. The van der Waals surface area contributed by atoms with E-state index < -0.39 is 0 Å². The number of aromatic nitrogens is 2. The summed E-state index contributed by atoms with van der Waals surface area (Å²) in [7, 11) is 0. The molecule has 1 aromatic carbocycles. The molecule has 0 aliphatic rings. The Morgan fingerprint density at radius 3 is 3.13 bits per heavy atom. The van der Waals surface area contributed by atoms with Crippen LogP contribution in [0.1, 0.15) is 0 Å². The van der Waals surface area contributed by atoms with Crippen molar-refractivity contribution >= 4 is 38.6 Å². The van der Waals surface area contributed by atoms with Gasteiger partial charge in [-0.2, -0.15) is 0 Å². The van der Waals surface area contributed by atoms with Gasteiger partial charge in [0.1, 0.15) is 0 Å². The highest BCUT2D eigenvalue weighted by Gasteiger charge is 2.01. The molecular weight excluding hydrogens is 256 g/mol. The van der Waals surface area contributed by atoms with Gasteiger partial charge >= 0.3 is 0 Å². The third-order valence-electron chi connectivity index (χ3n) is 1.95. The predicted molar refractivity (Wildman–Crippen MR) is 67.1 cm³/mol. The van der Waals surface area contributed by atoms with Crippen LogP contribution in [0, 0.1) is 0 Å². The normalized spacial score (nSPS) is 10.5. The lowest BCUT2D eigenvalue weighted by Crippen LogP contribution is -2.01. The summed E-state index contributed by atoms with van der Waals surface area (Å²) < 4.78 is 0.877. The van der Waals surface area contributed by atoms with E-state index in [1.165, 1.54) is 0 Å². The number of nitrogens with two attached hydrogens (primary N) is 1. The summed E-state index contributed by atoms with van der Waals surface area (Å²) in [5.41, 5.74) is 8.21. The van der Waals surface area contributed by atoms with E-state index in [0.717, 1.165) is 27.2 Å². The smallest absolute Gasteiger partial charge is 0.201 e. The van der Waals surface area contributed by atoms with E-state index >= 15 is 0 Å². The summed E-state index contributed by atoms with van der Waals surface area (Å²) >= 11 is 3.27. The number of aromatic amines is 1. The lowest BCUT2D eigenvalue weighted by Gasteiger charge is -1.98. The largest absolute Gasteiger partial charge is 0.399 e. The Morgan fingerprint density at radius 1 is 1.60 bits per heavy atom. The summed E-state index contributed by atoms with van der Waals surface area (Å²) in [4.78, 5) is 7.47. The second-order valence-electron chi connectivity index (χ2n) is 3.23. The first-order chi connectivity index (χ1) is 7.15. The Hall–Kier alpha value is -1.49. The Kier molecular flexibility index (Phi) is 2.64. The molecule has 0 fully saturated rings. The molecule has 4 nitrogen and oxygen atoms in total. The molecule has 5 heteroatoms. The monoisotopic (exact) mass is 266 g/mol. The van der Waals surface area contributed by atoms with Gasteiger partial charge in [-0.3, -0.25) is 0 Å². The maximum Gasteiger partial charge on any atom is 0.201 e. The molecular formula is C10H11BrN4. The second-order valence-corrected chi connectivity index (χ2v) is 4.35. The number of anilines is 2. The fraction of sp³-hybridized carbons (Fsp3) is 0.100. The summed E-state index contributed by atoms with van der Waals surface area (Å²) in [6.45, 7) is 4.36. The van der Waals surface area contributed by atoms with E-state index in [4.69, 9.17) is 5.73 Å². The summed E-state index contributed by atoms with van der Waals surface area (Å²) in [6, 6.07) is 5.57. The van der Waals surface area contributed by atoms with Crippen LogP contribution in [-0.4, -0.2) is 16.5 Å². The van der Waals surface area contributed by atoms with Gasteiger partial charge in [-0.25, -0.2) is 4.98 Å². The molecule has 0 saturated carbocycles. The van der Waals surface area contributed by atoms with Crippen molar-refractivity contribution in [2.24, 2.45) is 0 Å². The van der Waals surface area contributed by atoms with Crippen LogP contribution in [-0.2, 0) is 0 Å². The molecule has 0 atom stereocenters. The van der Waals surface area contributed by atoms with E-state index in [-0.39, 0.29) is 0 Å². The number of nitrogen functional groups attached to an aromatic ring is 1. The van der Waals surface area contributed by atoms with Gasteiger partial charge < -0.3 is 16.0 Å². The Morgan fingerprint density at radius 2 is 2.40 bits per heavy atom. The second kappa shape index (κ2) is 3.94. The highest BCUT2D eigenvalue weighted by atomic mass is 79.9. The quantitative estimate of drug-likeness (QED) is 0.748. The molecule has 0 aliphatic carbocycles. The fourth-order valence-electron chi connectivity index (χ4n) is 1.29. The van der Waals surface area contributed by atoms with E-state index in [1.807, 2.05) is 18.2 Å². The Balaban J connectivity index is 2.27. The molecule has 0 radical (unpaired) electrons. The van der Waals surface area contributed by atoms with Crippen molar-refractivity contribution < 1.29 is 0 Å². The number of benzene rings is 1. The van der Waals surface area contributed by atoms with Crippen LogP contribution in [0.4, 0.5) is 11.6 Å². The van der Waals surface area contributed by atoms with Crippen molar-refractivity contribution in [1.82, 2.24) is 9.97 Å². The number of imidazole rings is 1. The van der Waals surface area contributed by atoms with E-state index in [1.54, 1.807) is 0 Å². The van der Waals surface area contributed by atoms with Gasteiger partial charge in [-0.1, -0.05) is 22.5 Å². The van der Waals surface area contributed by atoms with Crippen LogP contribution >= 0.6 is 15.9 Å². The van der Waals surface area contributed by atoms with Crippen LogP contribution in [0.15, 0.2) is 29.3 Å². The number of halogens is 1. The number of nitrogens with zero attached hydrogens (tertiary/aromatic N) is 1. The van der Waals surface area contributed by atoms with E-state index in [2.05, 4.69) is 37.8 Å². The van der Waals surface area contributed by atoms with Gasteiger partial charge in [0.2, 0.25) is 5.95 Å². The third kappa shape index (κ3) is 2.30. The lowest BCUT2D eigenvalue weighted by atomic mass is 10.3. The molecule has 0 amide bonds. The Bertz CT molecular complexity index is 503. The van der Waals surface area contributed by atoms with Crippen molar-refractivity contribution in [3.05, 3.63) is 29.3 Å². The molecule has 2 rings (SSSR count). The minimum Gasteiger partial charge on any atom is -0.399 e. The molecule has 0 aliphatic heterocycles. The van der Waals surface area contributed by atoms with Crippen molar-refractivity contribution in [3.8, 4) is 0 Å². The standard InChI is InChI=1S/C10H11BrN4/c1-6(11)5-13-10-14-8-3-2-7(12)4-9(8)15-10/h2-4H,1,5,12H2,(H2,13,14,15). The van der Waals surface area contributed by atoms with Gasteiger partial charge in [-0.15, -0.1) is 0 Å². The molecule has 15 heavy (non-hydrogen) atoms. The summed E-state index contributed by atoms with van der Waals surface area (Å²) in [5.74, 6) is 0.719. The highest BCUT2D eigenvalue weighted by molar-refractivity contribution is 9.11. The number of rotatable bonds is 3. The minimum absolute atomic E-state index is 0.634. The SMILES string of the molecule is C=C(Br)CNc1nc2ccc(N)cc2[nH]1. The van der Waals surface area contributed by atoms with Gasteiger partial charge in [0.15, 0.2) is 0 Å². The average Bonchev–Trinajstić information content (AvgIpc) is 2.56. The molecule has 78 valence electrons. The summed E-state index contributed by atoms with van der Waals surface area (Å²) in [5, 5.41) is 3.10. The topological polar surface area (TPSA) is 66.7 Å². The zero-order valence-electron chi connectivity index (χ0n) is 8.05. The molecule has 4 N–H and O–H groups in total. The Labute approximate surface area is 95.7 Å².